The largest absolute Gasteiger partial charge is 0.392 e. The first-order valence-electron chi connectivity index (χ1n) is 6.61. The van der Waals surface area contributed by atoms with Gasteiger partial charge in [0.1, 0.15) is 0 Å². The standard InChI is InChI=1S/C15H18F2N2O/c1-10(2)19-6-5-12(18-19)9-13(20)7-11-3-4-14(16)15(17)8-11/h3-6,8,10,13,20H,7,9H2,1-2H3. The third-order valence-electron chi connectivity index (χ3n) is 3.09. The van der Waals surface area contributed by atoms with Gasteiger partial charge in [-0.15, -0.1) is 0 Å². The van der Waals surface area contributed by atoms with Gasteiger partial charge in [-0.1, -0.05) is 6.07 Å². The molecule has 1 atom stereocenters. The lowest BCUT2D eigenvalue weighted by atomic mass is 10.0. The summed E-state index contributed by atoms with van der Waals surface area (Å²) in [4.78, 5) is 0. The third kappa shape index (κ3) is 3.63. The lowest BCUT2D eigenvalue weighted by Crippen LogP contribution is -2.15. The van der Waals surface area contributed by atoms with E-state index in [0.29, 0.717) is 12.0 Å². The fraction of sp³-hybridized carbons (Fsp3) is 0.400. The summed E-state index contributed by atoms with van der Waals surface area (Å²) in [6, 6.07) is 5.80. The summed E-state index contributed by atoms with van der Waals surface area (Å²) in [7, 11) is 0. The van der Waals surface area contributed by atoms with Crippen LogP contribution < -0.4 is 0 Å². The number of nitrogens with zero attached hydrogens (tertiary/aromatic N) is 2. The number of hydrogen-bond acceptors (Lipinski definition) is 2. The molecular weight excluding hydrogens is 262 g/mol. The Morgan fingerprint density at radius 3 is 2.50 bits per heavy atom. The van der Waals surface area contributed by atoms with Crippen LogP contribution in [0.4, 0.5) is 8.78 Å². The Kier molecular flexibility index (Phi) is 4.49. The molecule has 0 radical (unpaired) electrons. The number of halogens is 2. The molecular formula is C15H18F2N2O. The number of benzene rings is 1. The first-order valence-corrected chi connectivity index (χ1v) is 6.61. The normalized spacial score (nSPS) is 12.9. The van der Waals surface area contributed by atoms with Gasteiger partial charge >= 0.3 is 0 Å². The molecule has 1 heterocycles. The van der Waals surface area contributed by atoms with Crippen molar-refractivity contribution in [1.82, 2.24) is 9.78 Å². The van der Waals surface area contributed by atoms with Gasteiger partial charge in [0.25, 0.3) is 0 Å². The molecule has 0 amide bonds. The molecule has 20 heavy (non-hydrogen) atoms. The summed E-state index contributed by atoms with van der Waals surface area (Å²) in [5.41, 5.74) is 1.36. The minimum Gasteiger partial charge on any atom is -0.392 e. The highest BCUT2D eigenvalue weighted by Crippen LogP contribution is 2.13. The topological polar surface area (TPSA) is 38.0 Å². The van der Waals surface area contributed by atoms with Crippen LogP contribution in [0.5, 0.6) is 0 Å². The van der Waals surface area contributed by atoms with E-state index in [4.69, 9.17) is 0 Å². The summed E-state index contributed by atoms with van der Waals surface area (Å²) in [5, 5.41) is 14.3. The van der Waals surface area contributed by atoms with Gasteiger partial charge in [0.2, 0.25) is 0 Å². The molecule has 3 nitrogen and oxygen atoms in total. The molecule has 0 aliphatic heterocycles. The predicted octanol–water partition coefficient (Wildman–Crippen LogP) is 2.89. The van der Waals surface area contributed by atoms with Crippen molar-refractivity contribution in [3.63, 3.8) is 0 Å². The lowest BCUT2D eigenvalue weighted by Gasteiger charge is -2.10. The van der Waals surface area contributed by atoms with E-state index >= 15 is 0 Å². The van der Waals surface area contributed by atoms with Gasteiger partial charge in [0.05, 0.1) is 11.8 Å². The number of aromatic nitrogens is 2. The van der Waals surface area contributed by atoms with Gasteiger partial charge in [-0.05, 0) is 44.0 Å². The van der Waals surface area contributed by atoms with Gasteiger partial charge in [-0.2, -0.15) is 5.10 Å². The Morgan fingerprint density at radius 2 is 1.90 bits per heavy atom. The molecule has 1 unspecified atom stereocenters. The summed E-state index contributed by atoms with van der Waals surface area (Å²) < 4.78 is 27.7. The van der Waals surface area contributed by atoms with Gasteiger partial charge in [0.15, 0.2) is 11.6 Å². The highest BCUT2D eigenvalue weighted by molar-refractivity contribution is 5.19. The molecule has 1 aromatic carbocycles. The molecule has 2 aromatic rings. The molecule has 1 N–H and O–H groups in total. The van der Waals surface area contributed by atoms with Crippen molar-refractivity contribution in [2.24, 2.45) is 0 Å². The van der Waals surface area contributed by atoms with E-state index in [9.17, 15) is 13.9 Å². The molecule has 0 aliphatic rings. The van der Waals surface area contributed by atoms with E-state index < -0.39 is 17.7 Å². The quantitative estimate of drug-likeness (QED) is 0.914. The summed E-state index contributed by atoms with van der Waals surface area (Å²) >= 11 is 0. The molecule has 0 spiro atoms. The molecule has 0 bridgehead atoms. The third-order valence-corrected chi connectivity index (χ3v) is 3.09. The summed E-state index contributed by atoms with van der Waals surface area (Å²) in [5.74, 6) is -1.77. The van der Waals surface area contributed by atoms with Crippen LogP contribution in [0.1, 0.15) is 31.1 Å². The van der Waals surface area contributed by atoms with Gasteiger partial charge in [0, 0.05) is 18.7 Å². The maximum Gasteiger partial charge on any atom is 0.159 e. The Labute approximate surface area is 116 Å². The second kappa shape index (κ2) is 6.13. The van der Waals surface area contributed by atoms with E-state index in [1.54, 1.807) is 0 Å². The Morgan fingerprint density at radius 1 is 1.15 bits per heavy atom. The van der Waals surface area contributed by atoms with Crippen LogP contribution in [0.3, 0.4) is 0 Å². The number of aliphatic hydroxyl groups is 1. The average molecular weight is 280 g/mol. The molecule has 5 heteroatoms. The van der Waals surface area contributed by atoms with Crippen LogP contribution in [0.2, 0.25) is 0 Å². The second-order valence-corrected chi connectivity index (χ2v) is 5.19. The van der Waals surface area contributed by atoms with E-state index in [2.05, 4.69) is 5.10 Å². The molecule has 0 saturated carbocycles. The van der Waals surface area contributed by atoms with Crippen molar-refractivity contribution in [3.05, 3.63) is 53.4 Å². The van der Waals surface area contributed by atoms with Crippen molar-refractivity contribution >= 4 is 0 Å². The van der Waals surface area contributed by atoms with Crippen molar-refractivity contribution < 1.29 is 13.9 Å². The van der Waals surface area contributed by atoms with Crippen LogP contribution in [-0.4, -0.2) is 21.0 Å². The summed E-state index contributed by atoms with van der Waals surface area (Å²) in [6.45, 7) is 4.04. The van der Waals surface area contributed by atoms with E-state index in [1.807, 2.05) is 30.8 Å². The van der Waals surface area contributed by atoms with Gasteiger partial charge < -0.3 is 5.11 Å². The lowest BCUT2D eigenvalue weighted by molar-refractivity contribution is 0.173. The molecule has 0 aliphatic carbocycles. The molecule has 1 aromatic heterocycles. The van der Waals surface area contributed by atoms with Crippen LogP contribution in [0.15, 0.2) is 30.5 Å². The van der Waals surface area contributed by atoms with Gasteiger partial charge in [-0.3, -0.25) is 4.68 Å². The predicted molar refractivity (Wildman–Crippen MR) is 72.4 cm³/mol. The van der Waals surface area contributed by atoms with Crippen molar-refractivity contribution in [2.45, 2.75) is 38.8 Å². The fourth-order valence-electron chi connectivity index (χ4n) is 2.03. The van der Waals surface area contributed by atoms with Crippen LogP contribution in [0, 0.1) is 11.6 Å². The van der Waals surface area contributed by atoms with Crippen molar-refractivity contribution in [2.75, 3.05) is 0 Å². The van der Waals surface area contributed by atoms with Crippen molar-refractivity contribution in [3.8, 4) is 0 Å². The second-order valence-electron chi connectivity index (χ2n) is 5.19. The molecule has 108 valence electrons. The smallest absolute Gasteiger partial charge is 0.159 e. The molecule has 0 saturated heterocycles. The first-order chi connectivity index (χ1) is 9.45. The Hall–Kier alpha value is -1.75. The maximum absolute atomic E-state index is 13.1. The maximum atomic E-state index is 13.1. The zero-order valence-corrected chi connectivity index (χ0v) is 11.6. The number of rotatable bonds is 5. The highest BCUT2D eigenvalue weighted by atomic mass is 19.2. The van der Waals surface area contributed by atoms with E-state index in [-0.39, 0.29) is 12.5 Å². The summed E-state index contributed by atoms with van der Waals surface area (Å²) in [6.07, 6.45) is 1.85. The van der Waals surface area contributed by atoms with Crippen molar-refractivity contribution in [1.29, 1.82) is 0 Å². The minimum absolute atomic E-state index is 0.270. The number of aliphatic hydroxyl groups excluding tert-OH is 1. The monoisotopic (exact) mass is 280 g/mol. The van der Waals surface area contributed by atoms with Crippen LogP contribution >= 0.6 is 0 Å². The zero-order valence-electron chi connectivity index (χ0n) is 11.6. The van der Waals surface area contributed by atoms with Crippen LogP contribution in [0.25, 0.3) is 0 Å². The Bertz CT molecular complexity index is 581. The highest BCUT2D eigenvalue weighted by Gasteiger charge is 2.11. The zero-order chi connectivity index (χ0) is 14.7. The van der Waals surface area contributed by atoms with Gasteiger partial charge in [-0.25, -0.2) is 8.78 Å². The molecule has 2 rings (SSSR count). The first kappa shape index (κ1) is 14.7. The van der Waals surface area contributed by atoms with Crippen LogP contribution in [-0.2, 0) is 12.8 Å². The number of hydrogen-bond donors (Lipinski definition) is 1. The average Bonchev–Trinajstić information content (AvgIpc) is 2.82. The Balaban J connectivity index is 1.97. The van der Waals surface area contributed by atoms with E-state index in [0.717, 1.165) is 17.8 Å². The minimum atomic E-state index is -0.890. The van der Waals surface area contributed by atoms with E-state index in [1.165, 1.54) is 6.07 Å². The SMILES string of the molecule is CC(C)n1ccc(CC(O)Cc2ccc(F)c(F)c2)n1. The fourth-order valence-corrected chi connectivity index (χ4v) is 2.03. The molecule has 0 fully saturated rings.